The number of nitrogens with one attached hydrogen (secondary N) is 1. The number of rotatable bonds is 3. The molecule has 0 spiro atoms. The first-order chi connectivity index (χ1) is 7.06. The second-order valence-corrected chi connectivity index (χ2v) is 4.25. The molecule has 0 saturated carbocycles. The largest absolute Gasteiger partial charge is 0.398 e. The topological polar surface area (TPSA) is 49.9 Å². The summed E-state index contributed by atoms with van der Waals surface area (Å²) in [7, 11) is 0. The van der Waals surface area contributed by atoms with E-state index in [2.05, 4.69) is 35.1 Å². The Bertz CT molecular complexity index is 415. The molecular formula is C11H11BrN2S. The molecule has 0 amide bonds. The van der Waals surface area contributed by atoms with Gasteiger partial charge < -0.3 is 11.1 Å². The van der Waals surface area contributed by atoms with Gasteiger partial charge >= 0.3 is 0 Å². The lowest BCUT2D eigenvalue weighted by Crippen LogP contribution is -1.90. The Morgan fingerprint density at radius 1 is 1.53 bits per heavy atom. The molecule has 3 N–H and O–H groups in total. The molecule has 0 atom stereocenters. The SMILES string of the molecule is C=C(/C=C\C=N)c1cc(N)c(S)c(Br)c1. The van der Waals surface area contributed by atoms with Crippen molar-refractivity contribution >= 4 is 46.0 Å². The number of thiol groups is 1. The highest BCUT2D eigenvalue weighted by atomic mass is 79.9. The smallest absolute Gasteiger partial charge is 0.0467 e. The highest BCUT2D eigenvalue weighted by Gasteiger charge is 2.04. The van der Waals surface area contributed by atoms with Crippen LogP contribution in [0.15, 0.2) is 40.2 Å². The highest BCUT2D eigenvalue weighted by Crippen LogP contribution is 2.30. The minimum absolute atomic E-state index is 0.604. The molecule has 0 aliphatic carbocycles. The van der Waals surface area contributed by atoms with Crippen molar-refractivity contribution in [1.29, 1.82) is 5.41 Å². The molecule has 0 unspecified atom stereocenters. The van der Waals surface area contributed by atoms with E-state index >= 15 is 0 Å². The quantitative estimate of drug-likeness (QED) is 0.338. The van der Waals surface area contributed by atoms with Crippen molar-refractivity contribution in [3.63, 3.8) is 0 Å². The number of benzene rings is 1. The fourth-order valence-electron chi connectivity index (χ4n) is 1.07. The minimum atomic E-state index is 0.604. The molecule has 0 aliphatic heterocycles. The zero-order valence-electron chi connectivity index (χ0n) is 8.00. The monoisotopic (exact) mass is 282 g/mol. The Labute approximate surface area is 103 Å². The summed E-state index contributed by atoms with van der Waals surface area (Å²) < 4.78 is 0.838. The van der Waals surface area contributed by atoms with Gasteiger partial charge in [0.05, 0.1) is 0 Å². The molecule has 1 rings (SSSR count). The van der Waals surface area contributed by atoms with Crippen molar-refractivity contribution in [3.05, 3.63) is 40.9 Å². The van der Waals surface area contributed by atoms with Crippen molar-refractivity contribution in [1.82, 2.24) is 0 Å². The number of nitrogens with two attached hydrogens (primary N) is 1. The van der Waals surface area contributed by atoms with E-state index in [-0.39, 0.29) is 0 Å². The summed E-state index contributed by atoms with van der Waals surface area (Å²) in [6.45, 7) is 3.88. The molecule has 0 aliphatic rings. The fraction of sp³-hybridized carbons (Fsp3) is 0. The van der Waals surface area contributed by atoms with Crippen LogP contribution in [0.2, 0.25) is 0 Å². The van der Waals surface area contributed by atoms with Crippen molar-refractivity contribution in [2.75, 3.05) is 5.73 Å². The Kier molecular flexibility index (Phi) is 4.17. The van der Waals surface area contributed by atoms with Crippen LogP contribution < -0.4 is 5.73 Å². The van der Waals surface area contributed by atoms with Gasteiger partial charge in [0.15, 0.2) is 0 Å². The normalized spacial score (nSPS) is 10.5. The van der Waals surface area contributed by atoms with E-state index in [1.165, 1.54) is 6.21 Å². The Morgan fingerprint density at radius 3 is 2.73 bits per heavy atom. The van der Waals surface area contributed by atoms with Crippen LogP contribution in [-0.2, 0) is 0 Å². The molecule has 1 aromatic carbocycles. The van der Waals surface area contributed by atoms with Crippen LogP contribution >= 0.6 is 28.6 Å². The fourth-order valence-corrected chi connectivity index (χ4v) is 1.67. The third-order valence-electron chi connectivity index (χ3n) is 1.86. The van der Waals surface area contributed by atoms with Crippen LogP contribution in [0.3, 0.4) is 0 Å². The van der Waals surface area contributed by atoms with Gasteiger partial charge in [0.25, 0.3) is 0 Å². The third-order valence-corrected chi connectivity index (χ3v) is 3.29. The van der Waals surface area contributed by atoms with Gasteiger partial charge in [0, 0.05) is 21.3 Å². The second kappa shape index (κ2) is 5.19. The molecule has 0 saturated heterocycles. The number of halogens is 1. The minimum Gasteiger partial charge on any atom is -0.398 e. The molecule has 2 nitrogen and oxygen atoms in total. The first-order valence-corrected chi connectivity index (χ1v) is 5.44. The van der Waals surface area contributed by atoms with E-state index in [9.17, 15) is 0 Å². The summed E-state index contributed by atoms with van der Waals surface area (Å²) in [5, 5.41) is 6.88. The predicted octanol–water partition coefficient (Wildman–Crippen LogP) is 3.54. The van der Waals surface area contributed by atoms with Crippen LogP contribution in [-0.4, -0.2) is 6.21 Å². The van der Waals surface area contributed by atoms with Gasteiger partial charge in [-0.15, -0.1) is 12.6 Å². The van der Waals surface area contributed by atoms with Gasteiger partial charge in [0.2, 0.25) is 0 Å². The molecule has 0 aromatic heterocycles. The van der Waals surface area contributed by atoms with Gasteiger partial charge in [-0.05, 0) is 45.3 Å². The Balaban J connectivity index is 3.11. The molecule has 1 aromatic rings. The van der Waals surface area contributed by atoms with Crippen molar-refractivity contribution < 1.29 is 0 Å². The number of nitrogen functional groups attached to an aromatic ring is 1. The van der Waals surface area contributed by atoms with Crippen molar-refractivity contribution in [2.24, 2.45) is 0 Å². The van der Waals surface area contributed by atoms with E-state index in [0.29, 0.717) is 5.69 Å². The summed E-state index contributed by atoms with van der Waals surface area (Å²) in [6, 6.07) is 3.71. The third kappa shape index (κ3) is 2.97. The maximum Gasteiger partial charge on any atom is 0.0467 e. The van der Waals surface area contributed by atoms with Gasteiger partial charge in [-0.2, -0.15) is 0 Å². The van der Waals surface area contributed by atoms with Gasteiger partial charge in [-0.1, -0.05) is 12.7 Å². The Hall–Kier alpha value is -1.00. The van der Waals surface area contributed by atoms with E-state index in [4.69, 9.17) is 11.1 Å². The first kappa shape index (κ1) is 12.1. The summed E-state index contributed by atoms with van der Waals surface area (Å²) in [4.78, 5) is 0.725. The summed E-state index contributed by atoms with van der Waals surface area (Å²) in [5.74, 6) is 0. The van der Waals surface area contributed by atoms with Crippen molar-refractivity contribution in [2.45, 2.75) is 4.90 Å². The predicted molar refractivity (Wildman–Crippen MR) is 72.8 cm³/mol. The molecule has 15 heavy (non-hydrogen) atoms. The van der Waals surface area contributed by atoms with Gasteiger partial charge in [-0.3, -0.25) is 0 Å². The summed E-state index contributed by atoms with van der Waals surface area (Å²) in [6.07, 6.45) is 4.57. The number of hydrogen-bond donors (Lipinski definition) is 3. The van der Waals surface area contributed by atoms with Crippen LogP contribution in [0.25, 0.3) is 5.57 Å². The van der Waals surface area contributed by atoms with Crippen LogP contribution in [0.4, 0.5) is 5.69 Å². The maximum atomic E-state index is 6.88. The molecule has 4 heteroatoms. The second-order valence-electron chi connectivity index (χ2n) is 2.95. The lowest BCUT2D eigenvalue weighted by Gasteiger charge is -2.06. The van der Waals surface area contributed by atoms with E-state index in [1.54, 1.807) is 12.2 Å². The van der Waals surface area contributed by atoms with Crippen molar-refractivity contribution in [3.8, 4) is 0 Å². The average molecular weight is 283 g/mol. The van der Waals surface area contributed by atoms with E-state index < -0.39 is 0 Å². The number of allylic oxidation sites excluding steroid dienone is 3. The molecule has 0 radical (unpaired) electrons. The maximum absolute atomic E-state index is 6.88. The molecule has 78 valence electrons. The molecular weight excluding hydrogens is 272 g/mol. The Morgan fingerprint density at radius 2 is 2.20 bits per heavy atom. The van der Waals surface area contributed by atoms with E-state index in [1.807, 2.05) is 12.1 Å². The highest BCUT2D eigenvalue weighted by molar-refractivity contribution is 9.10. The number of anilines is 1. The molecule has 0 heterocycles. The zero-order valence-corrected chi connectivity index (χ0v) is 10.5. The number of hydrogen-bond acceptors (Lipinski definition) is 3. The first-order valence-electron chi connectivity index (χ1n) is 4.20. The van der Waals surface area contributed by atoms with Gasteiger partial charge in [0.1, 0.15) is 0 Å². The van der Waals surface area contributed by atoms with Crippen LogP contribution in [0.5, 0.6) is 0 Å². The zero-order chi connectivity index (χ0) is 11.4. The lowest BCUT2D eigenvalue weighted by molar-refractivity contribution is 1.40. The van der Waals surface area contributed by atoms with Gasteiger partial charge in [-0.25, -0.2) is 0 Å². The molecule has 0 bridgehead atoms. The standard InChI is InChI=1S/C11H11BrN2S/c1-7(3-2-4-13)8-5-9(12)11(15)10(14)6-8/h2-6,13,15H,1,14H2/b3-2-,13-4?. The average Bonchev–Trinajstić information content (AvgIpc) is 2.21. The van der Waals surface area contributed by atoms with Crippen LogP contribution in [0.1, 0.15) is 5.56 Å². The van der Waals surface area contributed by atoms with Crippen LogP contribution in [0, 0.1) is 5.41 Å². The molecule has 0 fully saturated rings. The van der Waals surface area contributed by atoms with E-state index in [0.717, 1.165) is 20.5 Å². The summed E-state index contributed by atoms with van der Waals surface area (Å²) in [5.41, 5.74) is 8.09. The lowest BCUT2D eigenvalue weighted by atomic mass is 10.1. The summed E-state index contributed by atoms with van der Waals surface area (Å²) >= 11 is 7.61.